The van der Waals surface area contributed by atoms with Crippen molar-refractivity contribution in [2.45, 2.75) is 38.9 Å². The molecule has 1 rings (SSSR count). The molecule has 0 bridgehead atoms. The van der Waals surface area contributed by atoms with Crippen molar-refractivity contribution in [1.29, 1.82) is 0 Å². The van der Waals surface area contributed by atoms with Crippen molar-refractivity contribution in [3.05, 3.63) is 23.8 Å². The Labute approximate surface area is 117 Å². The number of terminal acetylenes is 1. The number of alkyl halides is 2. The molecule has 1 unspecified atom stereocenters. The monoisotopic (exact) mass is 284 g/mol. The standard InChI is InChI=1S/C15H18F2O3/c1-3-5-6-7-12(18)11-8-9-13(20-15(16)17)14(10-11)19-4-2/h1,8-10,12,15,18H,4-7H2,2H3. The van der Waals surface area contributed by atoms with Crippen LogP contribution < -0.4 is 9.47 Å². The summed E-state index contributed by atoms with van der Waals surface area (Å²) in [5, 5.41) is 10.00. The third-order valence-electron chi connectivity index (χ3n) is 2.67. The second kappa shape index (κ2) is 8.39. The Morgan fingerprint density at radius 2 is 2.10 bits per heavy atom. The van der Waals surface area contributed by atoms with Crippen LogP contribution in [0.2, 0.25) is 0 Å². The van der Waals surface area contributed by atoms with E-state index in [0.717, 1.165) is 0 Å². The van der Waals surface area contributed by atoms with Gasteiger partial charge >= 0.3 is 6.61 Å². The molecule has 0 fully saturated rings. The molecule has 0 aromatic heterocycles. The first-order valence-electron chi connectivity index (χ1n) is 6.41. The summed E-state index contributed by atoms with van der Waals surface area (Å²) in [4.78, 5) is 0. The molecule has 3 nitrogen and oxygen atoms in total. The van der Waals surface area contributed by atoms with Crippen molar-refractivity contribution in [2.24, 2.45) is 0 Å². The zero-order chi connectivity index (χ0) is 15.0. The fourth-order valence-electron chi connectivity index (χ4n) is 1.76. The van der Waals surface area contributed by atoms with Gasteiger partial charge in [-0.1, -0.05) is 6.07 Å². The summed E-state index contributed by atoms with van der Waals surface area (Å²) in [5.41, 5.74) is 0.590. The molecule has 0 aliphatic rings. The minimum absolute atomic E-state index is 0.0403. The molecule has 1 aromatic carbocycles. The fraction of sp³-hybridized carbons (Fsp3) is 0.467. The summed E-state index contributed by atoms with van der Waals surface area (Å²) >= 11 is 0. The van der Waals surface area contributed by atoms with E-state index in [4.69, 9.17) is 11.2 Å². The maximum absolute atomic E-state index is 12.3. The van der Waals surface area contributed by atoms with Crippen LogP contribution in [-0.4, -0.2) is 18.3 Å². The van der Waals surface area contributed by atoms with Gasteiger partial charge in [0.05, 0.1) is 12.7 Å². The molecule has 110 valence electrons. The van der Waals surface area contributed by atoms with Gasteiger partial charge in [-0.2, -0.15) is 8.78 Å². The van der Waals surface area contributed by atoms with Gasteiger partial charge < -0.3 is 14.6 Å². The largest absolute Gasteiger partial charge is 0.490 e. The highest BCUT2D eigenvalue weighted by molar-refractivity contribution is 5.43. The number of aliphatic hydroxyl groups is 1. The van der Waals surface area contributed by atoms with Crippen LogP contribution in [-0.2, 0) is 0 Å². The van der Waals surface area contributed by atoms with Crippen LogP contribution in [0.3, 0.4) is 0 Å². The van der Waals surface area contributed by atoms with Crippen molar-refractivity contribution in [3.63, 3.8) is 0 Å². The molecule has 1 N–H and O–H groups in total. The average molecular weight is 284 g/mol. The van der Waals surface area contributed by atoms with E-state index in [1.807, 2.05) is 0 Å². The second-order valence-electron chi connectivity index (χ2n) is 4.13. The average Bonchev–Trinajstić information content (AvgIpc) is 2.40. The quantitative estimate of drug-likeness (QED) is 0.586. The number of aliphatic hydroxyl groups excluding tert-OH is 1. The third-order valence-corrected chi connectivity index (χ3v) is 2.67. The molecule has 1 atom stereocenters. The first-order valence-corrected chi connectivity index (χ1v) is 6.41. The lowest BCUT2D eigenvalue weighted by Crippen LogP contribution is -2.06. The molecule has 0 spiro atoms. The van der Waals surface area contributed by atoms with Gasteiger partial charge in [-0.15, -0.1) is 12.3 Å². The summed E-state index contributed by atoms with van der Waals surface area (Å²) in [7, 11) is 0. The second-order valence-corrected chi connectivity index (χ2v) is 4.13. The molecule has 0 aliphatic heterocycles. The van der Waals surface area contributed by atoms with Crippen LogP contribution in [0.4, 0.5) is 8.78 Å². The lowest BCUT2D eigenvalue weighted by Gasteiger charge is -2.15. The van der Waals surface area contributed by atoms with Gasteiger partial charge in [0.2, 0.25) is 0 Å². The fourth-order valence-corrected chi connectivity index (χ4v) is 1.76. The Morgan fingerprint density at radius 1 is 1.35 bits per heavy atom. The smallest absolute Gasteiger partial charge is 0.387 e. The molecule has 0 saturated heterocycles. The van der Waals surface area contributed by atoms with Crippen molar-refractivity contribution in [1.82, 2.24) is 0 Å². The zero-order valence-corrected chi connectivity index (χ0v) is 11.3. The van der Waals surface area contributed by atoms with E-state index in [2.05, 4.69) is 10.7 Å². The van der Waals surface area contributed by atoms with Crippen LogP contribution in [0.15, 0.2) is 18.2 Å². The highest BCUT2D eigenvalue weighted by atomic mass is 19.3. The molecule has 0 amide bonds. The number of halogens is 2. The van der Waals surface area contributed by atoms with Gasteiger partial charge in [0, 0.05) is 6.42 Å². The summed E-state index contributed by atoms with van der Waals surface area (Å²) in [5.74, 6) is 2.65. The van der Waals surface area contributed by atoms with Crippen LogP contribution in [0.1, 0.15) is 37.9 Å². The Bertz CT molecular complexity index is 455. The van der Waals surface area contributed by atoms with E-state index in [9.17, 15) is 13.9 Å². The molecule has 5 heteroatoms. The molecule has 1 aromatic rings. The molecule has 0 aliphatic carbocycles. The Balaban J connectivity index is 2.83. The third kappa shape index (κ3) is 5.06. The number of benzene rings is 1. The molecule has 0 heterocycles. The number of rotatable bonds is 8. The topological polar surface area (TPSA) is 38.7 Å². The minimum Gasteiger partial charge on any atom is -0.490 e. The predicted octanol–water partition coefficient (Wildman–Crippen LogP) is 3.52. The van der Waals surface area contributed by atoms with Gasteiger partial charge in [-0.05, 0) is 37.5 Å². The van der Waals surface area contributed by atoms with E-state index in [1.165, 1.54) is 12.1 Å². The van der Waals surface area contributed by atoms with Crippen LogP contribution in [0.5, 0.6) is 11.5 Å². The van der Waals surface area contributed by atoms with Gasteiger partial charge in [-0.25, -0.2) is 0 Å². The Morgan fingerprint density at radius 3 is 2.70 bits per heavy atom. The summed E-state index contributed by atoms with van der Waals surface area (Å²) in [6.45, 7) is -0.862. The molecule has 0 radical (unpaired) electrons. The number of ether oxygens (including phenoxy) is 2. The van der Waals surface area contributed by atoms with E-state index in [1.54, 1.807) is 13.0 Å². The van der Waals surface area contributed by atoms with E-state index >= 15 is 0 Å². The summed E-state index contributed by atoms with van der Waals surface area (Å²) < 4.78 is 34.1. The van der Waals surface area contributed by atoms with E-state index in [0.29, 0.717) is 31.4 Å². The molecule has 20 heavy (non-hydrogen) atoms. The maximum Gasteiger partial charge on any atom is 0.387 e. The predicted molar refractivity (Wildman–Crippen MR) is 71.9 cm³/mol. The molecule has 0 saturated carbocycles. The highest BCUT2D eigenvalue weighted by Crippen LogP contribution is 2.32. The lowest BCUT2D eigenvalue weighted by molar-refractivity contribution is -0.0514. The van der Waals surface area contributed by atoms with Gasteiger partial charge in [0.15, 0.2) is 11.5 Å². The van der Waals surface area contributed by atoms with Crippen LogP contribution in [0.25, 0.3) is 0 Å². The number of unbranched alkanes of at least 4 members (excludes halogenated alkanes) is 1. The molecular weight excluding hydrogens is 266 g/mol. The summed E-state index contributed by atoms with van der Waals surface area (Å²) in [6, 6.07) is 4.43. The first kappa shape index (κ1) is 16.3. The first-order chi connectivity index (χ1) is 9.58. The lowest BCUT2D eigenvalue weighted by atomic mass is 10.0. The van der Waals surface area contributed by atoms with Gasteiger partial charge in [0.25, 0.3) is 0 Å². The van der Waals surface area contributed by atoms with Gasteiger partial charge in [0.1, 0.15) is 0 Å². The Kier molecular flexibility index (Phi) is 6.82. The van der Waals surface area contributed by atoms with Crippen LogP contribution >= 0.6 is 0 Å². The molecular formula is C15H18F2O3. The van der Waals surface area contributed by atoms with Crippen molar-refractivity contribution in [3.8, 4) is 23.8 Å². The summed E-state index contributed by atoms with van der Waals surface area (Å²) in [6.07, 6.45) is 6.22. The Hall–Kier alpha value is -1.80. The number of hydrogen-bond acceptors (Lipinski definition) is 3. The normalized spacial score (nSPS) is 12.0. The van der Waals surface area contributed by atoms with E-state index in [-0.39, 0.29) is 11.5 Å². The van der Waals surface area contributed by atoms with Crippen molar-refractivity contribution >= 4 is 0 Å². The number of hydrogen-bond donors (Lipinski definition) is 1. The zero-order valence-electron chi connectivity index (χ0n) is 11.3. The SMILES string of the molecule is C#CCCCC(O)c1ccc(OC(F)F)c(OCC)c1. The van der Waals surface area contributed by atoms with Gasteiger partial charge in [-0.3, -0.25) is 0 Å². The van der Waals surface area contributed by atoms with E-state index < -0.39 is 12.7 Å². The van der Waals surface area contributed by atoms with Crippen molar-refractivity contribution in [2.75, 3.05) is 6.61 Å². The van der Waals surface area contributed by atoms with Crippen LogP contribution in [0, 0.1) is 12.3 Å². The van der Waals surface area contributed by atoms with Crippen molar-refractivity contribution < 1.29 is 23.4 Å². The maximum atomic E-state index is 12.3. The minimum atomic E-state index is -2.92. The highest BCUT2D eigenvalue weighted by Gasteiger charge is 2.14.